The number of hydrogen-bond acceptors (Lipinski definition) is 2. The second-order valence-electron chi connectivity index (χ2n) is 2.22. The molecule has 0 N–H and O–H groups in total. The van der Waals surface area contributed by atoms with E-state index in [-0.39, 0.29) is 5.82 Å². The first-order valence-corrected chi connectivity index (χ1v) is 3.38. The molecule has 0 fully saturated rings. The Bertz CT molecular complexity index is 370. The summed E-state index contributed by atoms with van der Waals surface area (Å²) < 4.78 is 14.4. The van der Waals surface area contributed by atoms with Crippen molar-refractivity contribution in [2.75, 3.05) is 0 Å². The van der Waals surface area contributed by atoms with Crippen molar-refractivity contribution in [2.45, 2.75) is 0 Å². The van der Waals surface area contributed by atoms with Crippen LogP contribution in [0.5, 0.6) is 0 Å². The Kier molecular flexibility index (Phi) is 1.59. The van der Waals surface area contributed by atoms with Crippen molar-refractivity contribution in [1.29, 1.82) is 0 Å². The maximum absolute atomic E-state index is 13.0. The molecule has 0 spiro atoms. The normalized spacial score (nSPS) is 10.1. The molecular weight excluding hydrogens is 157 g/mol. The van der Waals surface area contributed by atoms with Gasteiger partial charge >= 0.3 is 0 Å². The van der Waals surface area contributed by atoms with Crippen LogP contribution in [-0.2, 0) is 0 Å². The monoisotopic (exact) mass is 162 g/mol. The standard InChI is InChI=1S/C8H5FN3/c9-7-3-1-2-4-8(7)12-6-10-5-11-12/h1,3-6H. The lowest BCUT2D eigenvalue weighted by molar-refractivity contribution is 0.610. The fourth-order valence-electron chi connectivity index (χ4n) is 0.911. The molecule has 3 nitrogen and oxygen atoms in total. The summed E-state index contributed by atoms with van der Waals surface area (Å²) in [6.07, 6.45) is 2.79. The summed E-state index contributed by atoms with van der Waals surface area (Å²) in [5.41, 5.74) is 0.356. The van der Waals surface area contributed by atoms with Crippen molar-refractivity contribution >= 4 is 0 Å². The minimum Gasteiger partial charge on any atom is -0.223 e. The van der Waals surface area contributed by atoms with Gasteiger partial charge in [-0.3, -0.25) is 0 Å². The van der Waals surface area contributed by atoms with E-state index in [1.165, 1.54) is 35.5 Å². The van der Waals surface area contributed by atoms with E-state index in [0.29, 0.717) is 5.69 Å². The zero-order chi connectivity index (χ0) is 8.39. The largest absolute Gasteiger partial charge is 0.223 e. The first-order chi connectivity index (χ1) is 5.88. The molecule has 1 heterocycles. The highest BCUT2D eigenvalue weighted by Crippen LogP contribution is 2.09. The quantitative estimate of drug-likeness (QED) is 0.630. The molecule has 1 aromatic heterocycles. The average molecular weight is 162 g/mol. The third kappa shape index (κ3) is 1.07. The van der Waals surface area contributed by atoms with Gasteiger partial charge in [-0.05, 0) is 18.2 Å². The van der Waals surface area contributed by atoms with Gasteiger partial charge in [-0.15, -0.1) is 0 Å². The highest BCUT2D eigenvalue weighted by molar-refractivity contribution is 5.30. The number of rotatable bonds is 1. The molecule has 59 valence electrons. The number of aromatic nitrogens is 3. The Morgan fingerprint density at radius 1 is 1.50 bits per heavy atom. The van der Waals surface area contributed by atoms with Gasteiger partial charge in [0.1, 0.15) is 24.2 Å². The minimum atomic E-state index is -0.334. The van der Waals surface area contributed by atoms with Gasteiger partial charge in [0.15, 0.2) is 0 Å². The van der Waals surface area contributed by atoms with Crippen LogP contribution in [0.3, 0.4) is 0 Å². The smallest absolute Gasteiger partial charge is 0.148 e. The van der Waals surface area contributed by atoms with Crippen molar-refractivity contribution in [3.63, 3.8) is 0 Å². The summed E-state index contributed by atoms with van der Waals surface area (Å²) in [6, 6.07) is 7.12. The van der Waals surface area contributed by atoms with E-state index in [0.717, 1.165) is 0 Å². The molecule has 0 unspecified atom stereocenters. The average Bonchev–Trinajstić information content (AvgIpc) is 2.57. The number of benzene rings is 1. The van der Waals surface area contributed by atoms with Crippen molar-refractivity contribution in [1.82, 2.24) is 14.8 Å². The Morgan fingerprint density at radius 3 is 3.08 bits per heavy atom. The van der Waals surface area contributed by atoms with E-state index in [1.54, 1.807) is 0 Å². The molecule has 0 amide bonds. The van der Waals surface area contributed by atoms with E-state index >= 15 is 0 Å². The summed E-state index contributed by atoms with van der Waals surface area (Å²) in [5, 5.41) is 3.79. The van der Waals surface area contributed by atoms with Gasteiger partial charge in [0, 0.05) is 0 Å². The maximum atomic E-state index is 13.0. The SMILES string of the molecule is Fc1cc[c]cc1-n1cncn1. The fraction of sp³-hybridized carbons (Fsp3) is 0. The van der Waals surface area contributed by atoms with E-state index in [2.05, 4.69) is 16.1 Å². The first kappa shape index (κ1) is 6.97. The van der Waals surface area contributed by atoms with Gasteiger partial charge in [0.25, 0.3) is 0 Å². The molecule has 0 aliphatic rings. The molecular formula is C8H5FN3. The minimum absolute atomic E-state index is 0.334. The Labute approximate surface area is 68.5 Å². The summed E-state index contributed by atoms with van der Waals surface area (Å²) in [5.74, 6) is -0.334. The van der Waals surface area contributed by atoms with Gasteiger partial charge in [-0.2, -0.15) is 5.10 Å². The van der Waals surface area contributed by atoms with Crippen molar-refractivity contribution in [3.8, 4) is 5.69 Å². The molecule has 0 aliphatic carbocycles. The summed E-state index contributed by atoms with van der Waals surface area (Å²) >= 11 is 0. The van der Waals surface area contributed by atoms with Gasteiger partial charge < -0.3 is 0 Å². The number of nitrogens with zero attached hydrogens (tertiary/aromatic N) is 3. The maximum Gasteiger partial charge on any atom is 0.148 e. The van der Waals surface area contributed by atoms with Gasteiger partial charge in [0.2, 0.25) is 0 Å². The highest BCUT2D eigenvalue weighted by atomic mass is 19.1. The van der Waals surface area contributed by atoms with Crippen LogP contribution in [-0.4, -0.2) is 14.8 Å². The molecule has 4 heteroatoms. The van der Waals surface area contributed by atoms with E-state index in [1.807, 2.05) is 0 Å². The van der Waals surface area contributed by atoms with Crippen molar-refractivity contribution in [2.24, 2.45) is 0 Å². The van der Waals surface area contributed by atoms with Crippen molar-refractivity contribution < 1.29 is 4.39 Å². The zero-order valence-electron chi connectivity index (χ0n) is 6.11. The van der Waals surface area contributed by atoms with E-state index in [9.17, 15) is 4.39 Å². The van der Waals surface area contributed by atoms with Crippen LogP contribution >= 0.6 is 0 Å². The van der Waals surface area contributed by atoms with E-state index in [4.69, 9.17) is 0 Å². The zero-order valence-corrected chi connectivity index (χ0v) is 6.11. The molecule has 2 rings (SSSR count). The molecule has 0 atom stereocenters. The summed E-state index contributed by atoms with van der Waals surface area (Å²) in [6.45, 7) is 0. The molecule has 12 heavy (non-hydrogen) atoms. The molecule has 0 bridgehead atoms. The molecule has 2 aromatic rings. The van der Waals surface area contributed by atoms with Crippen LogP contribution in [0.15, 0.2) is 30.9 Å². The first-order valence-electron chi connectivity index (χ1n) is 3.38. The Balaban J connectivity index is 2.55. The lowest BCUT2D eigenvalue weighted by atomic mass is 10.3. The Morgan fingerprint density at radius 2 is 2.42 bits per heavy atom. The second kappa shape index (κ2) is 2.73. The van der Waals surface area contributed by atoms with Crippen LogP contribution in [0.25, 0.3) is 5.69 Å². The summed E-state index contributed by atoms with van der Waals surface area (Å²) in [7, 11) is 0. The van der Waals surface area contributed by atoms with Gasteiger partial charge in [-0.1, -0.05) is 6.07 Å². The Hall–Kier alpha value is -1.71. The summed E-state index contributed by atoms with van der Waals surface area (Å²) in [4.78, 5) is 3.71. The van der Waals surface area contributed by atoms with Crippen LogP contribution < -0.4 is 0 Å². The molecule has 0 saturated carbocycles. The predicted octanol–water partition coefficient (Wildman–Crippen LogP) is 1.21. The third-order valence-corrected chi connectivity index (χ3v) is 1.46. The number of hydrogen-bond donors (Lipinski definition) is 0. The molecule has 1 radical (unpaired) electrons. The van der Waals surface area contributed by atoms with Gasteiger partial charge in [0.05, 0.1) is 0 Å². The van der Waals surface area contributed by atoms with Crippen LogP contribution in [0, 0.1) is 11.9 Å². The lowest BCUT2D eigenvalue weighted by Crippen LogP contribution is -1.97. The molecule has 1 aromatic carbocycles. The topological polar surface area (TPSA) is 30.7 Å². The number of halogens is 1. The molecule has 0 saturated heterocycles. The lowest BCUT2D eigenvalue weighted by Gasteiger charge is -1.99. The third-order valence-electron chi connectivity index (χ3n) is 1.46. The van der Waals surface area contributed by atoms with Gasteiger partial charge in [-0.25, -0.2) is 14.1 Å². The second-order valence-corrected chi connectivity index (χ2v) is 2.22. The van der Waals surface area contributed by atoms with Crippen LogP contribution in [0.1, 0.15) is 0 Å². The fourth-order valence-corrected chi connectivity index (χ4v) is 0.911. The molecule has 0 aliphatic heterocycles. The van der Waals surface area contributed by atoms with E-state index < -0.39 is 0 Å². The predicted molar refractivity (Wildman–Crippen MR) is 40.2 cm³/mol. The van der Waals surface area contributed by atoms with Crippen LogP contribution in [0.4, 0.5) is 4.39 Å². The highest BCUT2D eigenvalue weighted by Gasteiger charge is 2.01. The van der Waals surface area contributed by atoms with Crippen LogP contribution in [0.2, 0.25) is 0 Å². The van der Waals surface area contributed by atoms with Crippen molar-refractivity contribution in [3.05, 3.63) is 42.7 Å².